The van der Waals surface area contributed by atoms with E-state index in [9.17, 15) is 17.2 Å². The van der Waals surface area contributed by atoms with Crippen LogP contribution in [0.3, 0.4) is 0 Å². The molecule has 0 amide bonds. The van der Waals surface area contributed by atoms with Crippen LogP contribution in [0.25, 0.3) is 0 Å². The summed E-state index contributed by atoms with van der Waals surface area (Å²) < 4.78 is 53.5. The number of nitrogens with two attached hydrogens (primary N) is 1. The molecular weight excluding hydrogens is 366 g/mol. The molecule has 4 nitrogen and oxygen atoms in total. The van der Waals surface area contributed by atoms with Gasteiger partial charge in [-0.05, 0) is 52.7 Å². The lowest BCUT2D eigenvalue weighted by molar-refractivity contribution is 0.597. The normalized spacial score (nSPS) is 11.4. The molecule has 0 bridgehead atoms. The van der Waals surface area contributed by atoms with E-state index in [0.717, 1.165) is 18.2 Å². The Labute approximate surface area is 129 Å². The Morgan fingerprint density at radius 1 is 1.14 bits per heavy atom. The summed E-state index contributed by atoms with van der Waals surface area (Å²) in [6.45, 7) is 1.69. The Balaban J connectivity index is 2.48. The summed E-state index contributed by atoms with van der Waals surface area (Å²) in [5.41, 5.74) is 5.74. The molecule has 0 saturated carbocycles. The van der Waals surface area contributed by atoms with Crippen LogP contribution in [0.5, 0.6) is 0 Å². The summed E-state index contributed by atoms with van der Waals surface area (Å²) in [5, 5.41) is 0. The second-order valence-electron chi connectivity index (χ2n) is 4.39. The quantitative estimate of drug-likeness (QED) is 0.806. The first-order valence-corrected chi connectivity index (χ1v) is 8.02. The molecule has 2 aromatic rings. The van der Waals surface area contributed by atoms with Gasteiger partial charge in [-0.25, -0.2) is 17.2 Å². The number of halogens is 3. The highest BCUT2D eigenvalue weighted by Gasteiger charge is 2.21. The third-order valence-electron chi connectivity index (χ3n) is 2.71. The first kappa shape index (κ1) is 15.7. The highest BCUT2D eigenvalue weighted by Crippen LogP contribution is 2.28. The predicted octanol–water partition coefficient (Wildman–Crippen LogP) is 3.42. The van der Waals surface area contributed by atoms with Gasteiger partial charge in [-0.2, -0.15) is 0 Å². The van der Waals surface area contributed by atoms with E-state index >= 15 is 0 Å². The van der Waals surface area contributed by atoms with Crippen LogP contribution in [0.4, 0.5) is 20.2 Å². The molecule has 0 spiro atoms. The van der Waals surface area contributed by atoms with Crippen LogP contribution < -0.4 is 10.5 Å². The van der Waals surface area contributed by atoms with Crippen molar-refractivity contribution in [3.8, 4) is 0 Å². The van der Waals surface area contributed by atoms with Gasteiger partial charge < -0.3 is 5.73 Å². The smallest absolute Gasteiger partial charge is 0.264 e. The molecule has 0 atom stereocenters. The molecule has 0 radical (unpaired) electrons. The summed E-state index contributed by atoms with van der Waals surface area (Å²) in [4.78, 5) is -0.336. The third-order valence-corrected chi connectivity index (χ3v) is 4.74. The zero-order valence-electron chi connectivity index (χ0n) is 10.8. The summed E-state index contributed by atoms with van der Waals surface area (Å²) in [6.07, 6.45) is 0. The number of benzene rings is 2. The minimum Gasteiger partial charge on any atom is -0.398 e. The van der Waals surface area contributed by atoms with Crippen LogP contribution in [0.2, 0.25) is 0 Å². The lowest BCUT2D eigenvalue weighted by atomic mass is 10.2. The predicted molar refractivity (Wildman–Crippen MR) is 80.5 cm³/mol. The largest absolute Gasteiger partial charge is 0.398 e. The maximum absolute atomic E-state index is 13.6. The van der Waals surface area contributed by atoms with Gasteiger partial charge in [-0.3, -0.25) is 4.72 Å². The molecule has 0 saturated heterocycles. The zero-order chi connectivity index (χ0) is 15.8. The fourth-order valence-electron chi connectivity index (χ4n) is 1.69. The number of hydrogen-bond donors (Lipinski definition) is 2. The minimum atomic E-state index is -4.13. The lowest BCUT2D eigenvalue weighted by Crippen LogP contribution is -2.16. The fourth-order valence-corrected chi connectivity index (χ4v) is 3.39. The Morgan fingerprint density at radius 2 is 1.81 bits per heavy atom. The summed E-state index contributed by atoms with van der Waals surface area (Å²) in [7, 11) is -4.13. The number of hydrogen-bond acceptors (Lipinski definition) is 3. The number of nitrogens with one attached hydrogen (secondary N) is 1. The molecule has 0 aliphatic rings. The summed E-state index contributed by atoms with van der Waals surface area (Å²) in [6, 6.07) is 5.92. The van der Waals surface area contributed by atoms with Gasteiger partial charge in [0.1, 0.15) is 16.5 Å². The highest BCUT2D eigenvalue weighted by atomic mass is 79.9. The summed E-state index contributed by atoms with van der Waals surface area (Å²) >= 11 is 2.89. The van der Waals surface area contributed by atoms with E-state index in [4.69, 9.17) is 5.73 Å². The average molecular weight is 377 g/mol. The summed E-state index contributed by atoms with van der Waals surface area (Å²) in [5.74, 6) is -1.41. The van der Waals surface area contributed by atoms with Crippen LogP contribution in [-0.4, -0.2) is 8.42 Å². The van der Waals surface area contributed by atoms with Crippen molar-refractivity contribution < 1.29 is 17.2 Å². The Hall–Kier alpha value is -1.67. The molecule has 0 fully saturated rings. The van der Waals surface area contributed by atoms with Gasteiger partial charge >= 0.3 is 0 Å². The van der Waals surface area contributed by atoms with Crippen molar-refractivity contribution in [2.45, 2.75) is 11.8 Å². The van der Waals surface area contributed by atoms with Gasteiger partial charge in [0, 0.05) is 0 Å². The molecule has 8 heteroatoms. The van der Waals surface area contributed by atoms with E-state index in [0.29, 0.717) is 5.56 Å². The standard InChI is InChI=1S/C13H11BrF2N2O2S/c1-7-2-3-9(15)12(4-7)18-21(19,20)13-5-8(14)10(16)6-11(13)17/h2-6,18H,17H2,1H3. The maximum Gasteiger partial charge on any atom is 0.264 e. The Bertz CT molecular complexity index is 810. The molecule has 2 aromatic carbocycles. The van der Waals surface area contributed by atoms with Gasteiger partial charge in [0.25, 0.3) is 10.0 Å². The van der Waals surface area contributed by atoms with Gasteiger partial charge in [-0.15, -0.1) is 0 Å². The van der Waals surface area contributed by atoms with Crippen LogP contribution in [0.15, 0.2) is 39.7 Å². The molecule has 0 aliphatic heterocycles. The lowest BCUT2D eigenvalue weighted by Gasteiger charge is -2.12. The molecule has 0 heterocycles. The third kappa shape index (κ3) is 3.33. The highest BCUT2D eigenvalue weighted by molar-refractivity contribution is 9.10. The molecular formula is C13H11BrF2N2O2S. The van der Waals surface area contributed by atoms with E-state index < -0.39 is 21.7 Å². The van der Waals surface area contributed by atoms with Crippen molar-refractivity contribution in [3.63, 3.8) is 0 Å². The zero-order valence-corrected chi connectivity index (χ0v) is 13.2. The number of rotatable bonds is 3. The van der Waals surface area contributed by atoms with Gasteiger partial charge in [0.15, 0.2) is 0 Å². The topological polar surface area (TPSA) is 72.2 Å². The first-order chi connectivity index (χ1) is 9.70. The molecule has 0 aliphatic carbocycles. The number of sulfonamides is 1. The van der Waals surface area contributed by atoms with Crippen LogP contribution in [0, 0.1) is 18.6 Å². The van der Waals surface area contributed by atoms with E-state index in [1.807, 2.05) is 0 Å². The molecule has 112 valence electrons. The number of anilines is 2. The second-order valence-corrected chi connectivity index (χ2v) is 6.90. The van der Waals surface area contributed by atoms with Crippen molar-refractivity contribution in [2.75, 3.05) is 10.5 Å². The van der Waals surface area contributed by atoms with E-state index in [1.54, 1.807) is 6.92 Å². The Morgan fingerprint density at radius 3 is 2.48 bits per heavy atom. The van der Waals surface area contributed by atoms with Crippen molar-refractivity contribution in [2.24, 2.45) is 0 Å². The second kappa shape index (κ2) is 5.61. The van der Waals surface area contributed by atoms with Crippen molar-refractivity contribution in [1.29, 1.82) is 0 Å². The average Bonchev–Trinajstić information content (AvgIpc) is 2.37. The molecule has 0 aromatic heterocycles. The van der Waals surface area contributed by atoms with Crippen molar-refractivity contribution in [1.82, 2.24) is 0 Å². The monoisotopic (exact) mass is 376 g/mol. The van der Waals surface area contributed by atoms with Crippen molar-refractivity contribution in [3.05, 3.63) is 52.0 Å². The maximum atomic E-state index is 13.6. The van der Waals surface area contributed by atoms with Gasteiger partial charge in [-0.1, -0.05) is 6.07 Å². The van der Waals surface area contributed by atoms with Crippen LogP contribution in [-0.2, 0) is 10.0 Å². The number of nitrogen functional groups attached to an aromatic ring is 1. The van der Waals surface area contributed by atoms with Crippen LogP contribution in [0.1, 0.15) is 5.56 Å². The van der Waals surface area contributed by atoms with Crippen molar-refractivity contribution >= 4 is 37.3 Å². The van der Waals surface area contributed by atoms with E-state index in [-0.39, 0.29) is 20.7 Å². The molecule has 21 heavy (non-hydrogen) atoms. The minimum absolute atomic E-state index is 0.0539. The van der Waals surface area contributed by atoms with E-state index in [2.05, 4.69) is 20.7 Å². The Kier molecular flexibility index (Phi) is 4.20. The first-order valence-electron chi connectivity index (χ1n) is 5.74. The molecule has 3 N–H and O–H groups in total. The molecule has 2 rings (SSSR count). The van der Waals surface area contributed by atoms with E-state index in [1.165, 1.54) is 12.1 Å². The molecule has 0 unspecified atom stereocenters. The van der Waals surface area contributed by atoms with Gasteiger partial charge in [0.05, 0.1) is 15.8 Å². The number of aryl methyl sites for hydroxylation is 1. The SMILES string of the molecule is Cc1ccc(F)c(NS(=O)(=O)c2cc(Br)c(F)cc2N)c1. The van der Waals surface area contributed by atoms with Gasteiger partial charge in [0.2, 0.25) is 0 Å². The fraction of sp³-hybridized carbons (Fsp3) is 0.0769. The van der Waals surface area contributed by atoms with Crippen LogP contribution >= 0.6 is 15.9 Å².